The molecule has 0 saturated heterocycles. The largest absolute Gasteiger partial charge is 0.434 e. The van der Waals surface area contributed by atoms with Crippen molar-refractivity contribution in [2.75, 3.05) is 5.73 Å². The second-order valence-electron chi connectivity index (χ2n) is 4.67. The van der Waals surface area contributed by atoms with Crippen LogP contribution < -0.4 is 10.5 Å². The molecule has 2 rings (SSSR count). The smallest absolute Gasteiger partial charge is 0.239 e. The summed E-state index contributed by atoms with van der Waals surface area (Å²) in [5, 5.41) is 17.3. The Labute approximate surface area is 132 Å². The zero-order valence-electron chi connectivity index (χ0n) is 11.4. The molecule has 0 aliphatic heterocycles. The molecular weight excluding hydrogens is 311 g/mol. The van der Waals surface area contributed by atoms with Crippen LogP contribution in [0.1, 0.15) is 31.0 Å². The first-order valence-corrected chi connectivity index (χ1v) is 6.88. The molecule has 7 heteroatoms. The summed E-state index contributed by atoms with van der Waals surface area (Å²) in [4.78, 5) is 0. The molecule has 0 unspecified atom stereocenters. The second-order valence-corrected chi connectivity index (χ2v) is 5.48. The Bertz CT molecular complexity index is 702. The van der Waals surface area contributed by atoms with Gasteiger partial charge >= 0.3 is 0 Å². The van der Waals surface area contributed by atoms with Crippen LogP contribution in [-0.4, -0.2) is 10.2 Å². The van der Waals surface area contributed by atoms with E-state index in [9.17, 15) is 0 Å². The van der Waals surface area contributed by atoms with Gasteiger partial charge in [-0.25, -0.2) is 0 Å². The number of nitrogen functional groups attached to an aromatic ring is 1. The third-order valence-corrected chi connectivity index (χ3v) is 3.32. The van der Waals surface area contributed by atoms with Gasteiger partial charge in [0.05, 0.1) is 10.0 Å². The molecule has 0 aliphatic carbocycles. The summed E-state index contributed by atoms with van der Waals surface area (Å²) >= 11 is 12.1. The molecule has 5 nitrogen and oxygen atoms in total. The molecule has 21 heavy (non-hydrogen) atoms. The molecule has 0 aliphatic rings. The number of halogens is 2. The molecule has 108 valence electrons. The van der Waals surface area contributed by atoms with Gasteiger partial charge in [-0.3, -0.25) is 0 Å². The summed E-state index contributed by atoms with van der Waals surface area (Å²) in [5.41, 5.74) is 7.08. The topological polar surface area (TPSA) is 84.8 Å². The van der Waals surface area contributed by atoms with Crippen molar-refractivity contribution in [1.29, 1.82) is 5.26 Å². The molecule has 0 bridgehead atoms. The lowest BCUT2D eigenvalue weighted by Crippen LogP contribution is -2.01. The van der Waals surface area contributed by atoms with Crippen LogP contribution in [0.15, 0.2) is 18.2 Å². The van der Waals surface area contributed by atoms with Crippen molar-refractivity contribution in [2.24, 2.45) is 0 Å². The summed E-state index contributed by atoms with van der Waals surface area (Å²) in [6.07, 6.45) is 0. The summed E-state index contributed by atoms with van der Waals surface area (Å²) in [5.74, 6) is 0.572. The molecule has 1 heterocycles. The fourth-order valence-electron chi connectivity index (χ4n) is 1.75. The van der Waals surface area contributed by atoms with Crippen molar-refractivity contribution in [2.45, 2.75) is 19.8 Å². The summed E-state index contributed by atoms with van der Waals surface area (Å²) in [7, 11) is 0. The fraction of sp³-hybridized carbons (Fsp3) is 0.214. The van der Waals surface area contributed by atoms with Gasteiger partial charge in [0.15, 0.2) is 11.4 Å². The highest BCUT2D eigenvalue weighted by Crippen LogP contribution is 2.38. The molecule has 2 aromatic rings. The first-order chi connectivity index (χ1) is 9.92. The highest BCUT2D eigenvalue weighted by atomic mass is 35.5. The summed E-state index contributed by atoms with van der Waals surface area (Å²) < 4.78 is 5.58. The Hall–Kier alpha value is -2.03. The molecule has 2 N–H and O–H groups in total. The molecule has 0 spiro atoms. The molecule has 1 aromatic heterocycles. The first-order valence-electron chi connectivity index (χ1n) is 6.12. The molecule has 0 radical (unpaired) electrons. The number of anilines is 1. The van der Waals surface area contributed by atoms with Gasteiger partial charge in [0, 0.05) is 11.8 Å². The number of rotatable bonds is 3. The minimum absolute atomic E-state index is 0.106. The van der Waals surface area contributed by atoms with Gasteiger partial charge in [-0.2, -0.15) is 5.26 Å². The molecule has 0 saturated carbocycles. The number of ether oxygens (including phenoxy) is 1. The third-order valence-electron chi connectivity index (χ3n) is 2.76. The predicted octanol–water partition coefficient (Wildman–Crippen LogP) is 4.15. The van der Waals surface area contributed by atoms with Gasteiger partial charge in [0.1, 0.15) is 6.07 Å². The van der Waals surface area contributed by atoms with Crippen molar-refractivity contribution in [1.82, 2.24) is 10.2 Å². The molecule has 1 aromatic carbocycles. The highest BCUT2D eigenvalue weighted by Gasteiger charge is 2.14. The van der Waals surface area contributed by atoms with Gasteiger partial charge in [-0.15, -0.1) is 10.2 Å². The Balaban J connectivity index is 2.42. The first kappa shape index (κ1) is 15.4. The Morgan fingerprint density at radius 1 is 1.19 bits per heavy atom. The summed E-state index contributed by atoms with van der Waals surface area (Å²) in [6.45, 7) is 3.90. The van der Waals surface area contributed by atoms with Crippen LogP contribution in [0.3, 0.4) is 0 Å². The average molecular weight is 323 g/mol. The van der Waals surface area contributed by atoms with Gasteiger partial charge in [0.25, 0.3) is 0 Å². The maximum Gasteiger partial charge on any atom is 0.239 e. The van der Waals surface area contributed by atoms with E-state index < -0.39 is 0 Å². The third kappa shape index (κ3) is 3.35. The predicted molar refractivity (Wildman–Crippen MR) is 81.8 cm³/mol. The van der Waals surface area contributed by atoms with E-state index >= 15 is 0 Å². The van der Waals surface area contributed by atoms with E-state index in [2.05, 4.69) is 10.2 Å². The monoisotopic (exact) mass is 322 g/mol. The van der Waals surface area contributed by atoms with E-state index in [0.717, 1.165) is 5.56 Å². The fourth-order valence-corrected chi connectivity index (χ4v) is 2.33. The van der Waals surface area contributed by atoms with Crippen LogP contribution in [0.25, 0.3) is 0 Å². The number of hydrogen-bond acceptors (Lipinski definition) is 5. The van der Waals surface area contributed by atoms with E-state index in [1.54, 1.807) is 6.07 Å². The van der Waals surface area contributed by atoms with Crippen LogP contribution >= 0.6 is 23.2 Å². The number of nitrogens with zero attached hydrogens (tertiary/aromatic N) is 3. The van der Waals surface area contributed by atoms with E-state index in [4.69, 9.17) is 38.9 Å². The zero-order valence-corrected chi connectivity index (χ0v) is 12.9. The van der Waals surface area contributed by atoms with E-state index in [0.29, 0.717) is 5.69 Å². The Morgan fingerprint density at radius 2 is 1.81 bits per heavy atom. The van der Waals surface area contributed by atoms with Crippen molar-refractivity contribution in [3.05, 3.63) is 39.5 Å². The van der Waals surface area contributed by atoms with Crippen LogP contribution in [0.5, 0.6) is 11.6 Å². The Morgan fingerprint density at radius 3 is 2.33 bits per heavy atom. The van der Waals surface area contributed by atoms with Gasteiger partial charge in [0.2, 0.25) is 5.88 Å². The van der Waals surface area contributed by atoms with Gasteiger partial charge in [-0.05, 0) is 23.6 Å². The molecule has 0 atom stereocenters. The number of hydrogen-bond donors (Lipinski definition) is 1. The molecular formula is C14H12Cl2N4O. The maximum absolute atomic E-state index is 9.02. The quantitative estimate of drug-likeness (QED) is 0.858. The lowest BCUT2D eigenvalue weighted by atomic mass is 10.0. The van der Waals surface area contributed by atoms with Crippen LogP contribution in [0, 0.1) is 11.3 Å². The lowest BCUT2D eigenvalue weighted by Gasteiger charge is -2.11. The van der Waals surface area contributed by atoms with Crippen molar-refractivity contribution in [3.63, 3.8) is 0 Å². The van der Waals surface area contributed by atoms with Crippen molar-refractivity contribution < 1.29 is 4.74 Å². The highest BCUT2D eigenvalue weighted by molar-refractivity contribution is 6.37. The zero-order chi connectivity index (χ0) is 15.6. The number of aromatic nitrogens is 2. The standard InChI is InChI=1S/C14H12Cl2N4O/c1-7(2)9-5-13(20-19-12(9)6-17)21-14-10(15)3-8(18)4-11(14)16/h3-5,7H,18H2,1-2H3. The van der Waals surface area contributed by atoms with Gasteiger partial charge < -0.3 is 10.5 Å². The number of benzene rings is 1. The SMILES string of the molecule is CC(C)c1cc(Oc2c(Cl)cc(N)cc2Cl)nnc1C#N. The minimum Gasteiger partial charge on any atom is -0.434 e. The van der Waals surface area contributed by atoms with Crippen LogP contribution in [0.4, 0.5) is 5.69 Å². The maximum atomic E-state index is 9.02. The molecule has 0 fully saturated rings. The average Bonchev–Trinajstić information content (AvgIpc) is 2.42. The van der Waals surface area contributed by atoms with Crippen LogP contribution in [0.2, 0.25) is 10.0 Å². The van der Waals surface area contributed by atoms with Gasteiger partial charge in [-0.1, -0.05) is 37.0 Å². The Kier molecular flexibility index (Phi) is 4.51. The van der Waals surface area contributed by atoms with Crippen LogP contribution in [-0.2, 0) is 0 Å². The lowest BCUT2D eigenvalue weighted by molar-refractivity contribution is 0.453. The minimum atomic E-state index is 0.106. The number of nitrogens with two attached hydrogens (primary N) is 1. The van der Waals surface area contributed by atoms with E-state index in [1.807, 2.05) is 19.9 Å². The molecule has 0 amide bonds. The van der Waals surface area contributed by atoms with E-state index in [-0.39, 0.29) is 33.3 Å². The number of nitriles is 1. The summed E-state index contributed by atoms with van der Waals surface area (Å²) in [6, 6.07) is 6.71. The van der Waals surface area contributed by atoms with E-state index in [1.165, 1.54) is 12.1 Å². The second kappa shape index (κ2) is 6.17. The van der Waals surface area contributed by atoms with Crippen molar-refractivity contribution >= 4 is 28.9 Å². The van der Waals surface area contributed by atoms with Crippen molar-refractivity contribution in [3.8, 4) is 17.7 Å². The normalized spacial score (nSPS) is 10.5.